The van der Waals surface area contributed by atoms with Crippen molar-refractivity contribution in [1.29, 1.82) is 0 Å². The van der Waals surface area contributed by atoms with E-state index in [0.29, 0.717) is 11.0 Å². The summed E-state index contributed by atoms with van der Waals surface area (Å²) in [6, 6.07) is 19.7. The van der Waals surface area contributed by atoms with Crippen molar-refractivity contribution in [3.05, 3.63) is 72.8 Å². The van der Waals surface area contributed by atoms with Crippen LogP contribution < -0.4 is 16.1 Å². The molecule has 0 aromatic heterocycles. The second-order valence-corrected chi connectivity index (χ2v) is 21.0. The van der Waals surface area contributed by atoms with Crippen LogP contribution in [0, 0.1) is 0 Å². The van der Waals surface area contributed by atoms with Gasteiger partial charge in [0.1, 0.15) is 19.3 Å². The molecule has 0 aliphatic rings. The second-order valence-electron chi connectivity index (χ2n) is 15.3. The van der Waals surface area contributed by atoms with Gasteiger partial charge in [-0.1, -0.05) is 165 Å². The van der Waals surface area contributed by atoms with Gasteiger partial charge in [-0.25, -0.2) is 9.45 Å². The van der Waals surface area contributed by atoms with Crippen molar-refractivity contribution in [3.63, 3.8) is 0 Å². The monoisotopic (exact) mass is 719 g/mol. The second kappa shape index (κ2) is 22.3. The van der Waals surface area contributed by atoms with Crippen molar-refractivity contribution < 1.29 is 32.5 Å². The Morgan fingerprint density at radius 1 is 0.816 bits per heavy atom. The summed E-state index contributed by atoms with van der Waals surface area (Å²) >= 11 is 0. The highest BCUT2D eigenvalue weighted by atomic mass is 31.2. The molecule has 0 aliphatic carbocycles. The molecule has 0 spiro atoms. The number of hydrogen-bond acceptors (Lipinski definition) is 6. The van der Waals surface area contributed by atoms with Crippen LogP contribution in [-0.2, 0) is 23.1 Å². The van der Waals surface area contributed by atoms with Crippen molar-refractivity contribution >= 4 is 26.5 Å². The molecule has 3 atom stereocenters. The van der Waals surface area contributed by atoms with Crippen molar-refractivity contribution in [2.24, 2.45) is 5.73 Å². The minimum absolute atomic E-state index is 0.0856. The highest BCUT2D eigenvalue weighted by Gasteiger charge is 2.52. The summed E-state index contributed by atoms with van der Waals surface area (Å²) in [5, 5.41) is 1.85. The first kappa shape index (κ1) is 43.5. The maximum atomic E-state index is 12.7. The molecular formula is C39H68N2O6PSi+. The quantitative estimate of drug-likeness (QED) is 0.0192. The lowest BCUT2D eigenvalue weighted by Gasteiger charge is -2.42. The van der Waals surface area contributed by atoms with Crippen molar-refractivity contribution in [1.82, 2.24) is 0 Å². The van der Waals surface area contributed by atoms with E-state index >= 15 is 0 Å². The van der Waals surface area contributed by atoms with Gasteiger partial charge in [0.05, 0.1) is 33.8 Å². The predicted octanol–water partition coefficient (Wildman–Crippen LogP) is 8.29. The fourth-order valence-electron chi connectivity index (χ4n) is 5.87. The van der Waals surface area contributed by atoms with Crippen molar-refractivity contribution in [3.8, 4) is 0 Å². The molecule has 1 unspecified atom stereocenters. The maximum Gasteiger partial charge on any atom is 0.472 e. The zero-order valence-corrected chi connectivity index (χ0v) is 33.5. The van der Waals surface area contributed by atoms with Gasteiger partial charge in [-0.05, 0) is 28.3 Å². The van der Waals surface area contributed by atoms with Crippen LogP contribution in [0.15, 0.2) is 72.8 Å². The molecule has 3 N–H and O–H groups in total. The molecule has 8 nitrogen and oxygen atoms in total. The summed E-state index contributed by atoms with van der Waals surface area (Å²) in [4.78, 5) is 16.7. The number of allylic oxidation sites excluding steroid dienone is 1. The summed E-state index contributed by atoms with van der Waals surface area (Å²) < 4.78 is 30.6. The number of quaternary nitrogens is 1. The SMILES string of the molecule is CCCCCCCCCCCCC/C=C/[C@@H](OO[Si](c1ccccc1)(c1ccccc1)C(C)(C)C)[C@@H](N)COP(=O)(O)OCC[N+](C)(C)C. The van der Waals surface area contributed by atoms with Gasteiger partial charge in [0, 0.05) is 0 Å². The van der Waals surface area contributed by atoms with Crippen LogP contribution >= 0.6 is 7.82 Å². The van der Waals surface area contributed by atoms with Crippen molar-refractivity contribution in [2.45, 2.75) is 122 Å². The Labute approximate surface area is 299 Å². The molecule has 0 bridgehead atoms. The first-order valence-electron chi connectivity index (χ1n) is 18.5. The molecular weight excluding hydrogens is 651 g/mol. The lowest BCUT2D eigenvalue weighted by atomic mass is 10.0. The summed E-state index contributed by atoms with van der Waals surface area (Å²) in [5.74, 6) is 0. The molecule has 2 aromatic carbocycles. The van der Waals surface area contributed by atoms with E-state index in [1.807, 2.05) is 63.6 Å². The number of phosphoric acid groups is 1. The number of unbranched alkanes of at least 4 members (excludes halogenated alkanes) is 11. The first-order chi connectivity index (χ1) is 23.2. The number of phosphoric ester groups is 1. The zero-order valence-electron chi connectivity index (χ0n) is 31.6. The Hall–Kier alpha value is -1.65. The Bertz CT molecular complexity index is 1180. The normalized spacial score (nSPS) is 15.4. The number of likely N-dealkylation sites (N-methyl/N-ethyl adjacent to an activating group) is 1. The fourth-order valence-corrected chi connectivity index (χ4v) is 10.7. The predicted molar refractivity (Wildman–Crippen MR) is 206 cm³/mol. The highest BCUT2D eigenvalue weighted by molar-refractivity contribution is 7.47. The van der Waals surface area contributed by atoms with Gasteiger partial charge < -0.3 is 15.1 Å². The lowest BCUT2D eigenvalue weighted by molar-refractivity contribution is -0.870. The first-order valence-corrected chi connectivity index (χ1v) is 21.9. The largest absolute Gasteiger partial charge is 0.472 e. The third kappa shape index (κ3) is 16.5. The van der Waals surface area contributed by atoms with Gasteiger partial charge in [-0.15, -0.1) is 0 Å². The minimum Gasteiger partial charge on any atom is -0.329 e. The van der Waals surface area contributed by atoms with E-state index in [1.54, 1.807) is 0 Å². The van der Waals surface area contributed by atoms with Crippen LogP contribution in [0.25, 0.3) is 0 Å². The molecule has 49 heavy (non-hydrogen) atoms. The van der Waals surface area contributed by atoms with E-state index < -0.39 is 28.3 Å². The van der Waals surface area contributed by atoms with E-state index in [0.717, 1.165) is 23.2 Å². The van der Waals surface area contributed by atoms with Gasteiger partial charge >= 0.3 is 16.1 Å². The third-order valence-corrected chi connectivity index (χ3v) is 14.6. The topological polar surface area (TPSA) is 100 Å². The molecule has 0 amide bonds. The van der Waals surface area contributed by atoms with Gasteiger partial charge in [-0.2, -0.15) is 0 Å². The Balaban J connectivity index is 2.14. The summed E-state index contributed by atoms with van der Waals surface area (Å²) in [6.07, 6.45) is 18.4. The van der Waals surface area contributed by atoms with Crippen LogP contribution in [0.3, 0.4) is 0 Å². The van der Waals surface area contributed by atoms with E-state index in [9.17, 15) is 9.46 Å². The van der Waals surface area contributed by atoms with Crippen LogP contribution in [0.5, 0.6) is 0 Å². The Morgan fingerprint density at radius 3 is 1.78 bits per heavy atom. The number of hydrogen-bond donors (Lipinski definition) is 2. The van der Waals surface area contributed by atoms with Gasteiger partial charge in [0.25, 0.3) is 0 Å². The molecule has 0 saturated heterocycles. The third-order valence-electron chi connectivity index (χ3n) is 8.87. The van der Waals surface area contributed by atoms with Gasteiger partial charge in [-0.3, -0.25) is 13.6 Å². The number of nitrogens with zero attached hydrogens (tertiary/aromatic N) is 1. The molecule has 2 aromatic rings. The highest BCUT2D eigenvalue weighted by Crippen LogP contribution is 2.43. The van der Waals surface area contributed by atoms with Crippen LogP contribution in [0.4, 0.5) is 0 Å². The average molecular weight is 720 g/mol. The van der Waals surface area contributed by atoms with Crippen molar-refractivity contribution in [2.75, 3.05) is 40.9 Å². The van der Waals surface area contributed by atoms with E-state index in [4.69, 9.17) is 24.2 Å². The van der Waals surface area contributed by atoms with Crippen LogP contribution in [0.1, 0.15) is 105 Å². The molecule has 0 radical (unpaired) electrons. The number of benzene rings is 2. The fraction of sp³-hybridized carbons (Fsp3) is 0.641. The summed E-state index contributed by atoms with van der Waals surface area (Å²) in [5.41, 5.74) is 6.63. The summed E-state index contributed by atoms with van der Waals surface area (Å²) in [7, 11) is -1.37. The molecule has 0 fully saturated rings. The molecule has 0 heterocycles. The Morgan fingerprint density at radius 2 is 1.31 bits per heavy atom. The van der Waals surface area contributed by atoms with E-state index in [2.05, 4.69) is 58.0 Å². The molecule has 10 heteroatoms. The minimum atomic E-state index is -4.31. The molecule has 0 saturated carbocycles. The van der Waals surface area contributed by atoms with Gasteiger partial charge in [0.2, 0.25) is 0 Å². The molecule has 278 valence electrons. The maximum absolute atomic E-state index is 12.7. The Kier molecular flexibility index (Phi) is 19.8. The standard InChI is InChI=1S/C39H67N2O6PSi/c1-8-9-10-11-12-13-14-15-16-17-18-19-26-31-38(37(40)34-45-48(42,43)44-33-32-41(5,6)7)46-47-49(39(2,3)4,35-27-22-20-23-28-35)36-29-24-21-25-30-36/h20-31,37-38H,8-19,32-34,40H2,1-7H3/p+1/b31-26+/t37-,38+/m0/s1. The average Bonchev–Trinajstić information content (AvgIpc) is 3.04. The van der Waals surface area contributed by atoms with E-state index in [-0.39, 0.29) is 18.3 Å². The van der Waals surface area contributed by atoms with E-state index in [1.165, 1.54) is 64.2 Å². The van der Waals surface area contributed by atoms with Gasteiger partial charge in [0.15, 0.2) is 0 Å². The smallest absolute Gasteiger partial charge is 0.329 e. The number of nitrogens with two attached hydrogens (primary N) is 1. The molecule has 2 rings (SSSR count). The molecule has 0 aliphatic heterocycles. The van der Waals surface area contributed by atoms with Crippen LogP contribution in [0.2, 0.25) is 5.04 Å². The van der Waals surface area contributed by atoms with Crippen LogP contribution in [-0.4, -0.2) is 70.7 Å². The zero-order chi connectivity index (χ0) is 36.2. The summed E-state index contributed by atoms with van der Waals surface area (Å²) in [6.45, 7) is 9.20. The number of rotatable bonds is 26. The lowest BCUT2D eigenvalue weighted by Crippen LogP contribution is -2.67.